The van der Waals surface area contributed by atoms with Crippen molar-refractivity contribution in [1.29, 1.82) is 0 Å². The van der Waals surface area contributed by atoms with E-state index in [0.29, 0.717) is 17.9 Å². The van der Waals surface area contributed by atoms with Crippen molar-refractivity contribution in [2.24, 2.45) is 17.6 Å². The summed E-state index contributed by atoms with van der Waals surface area (Å²) in [7, 11) is 0. The van der Waals surface area contributed by atoms with Crippen molar-refractivity contribution in [2.75, 3.05) is 39.4 Å². The van der Waals surface area contributed by atoms with Gasteiger partial charge in [0, 0.05) is 38.9 Å². The number of amides is 1. The maximum atomic E-state index is 12.8. The summed E-state index contributed by atoms with van der Waals surface area (Å²) in [5.41, 5.74) is 6.32. The molecule has 0 radical (unpaired) electrons. The number of hydrogen-bond acceptors (Lipinski definition) is 4. The average Bonchev–Trinajstić information content (AvgIpc) is 2.63. The Balaban J connectivity index is 0.00000169. The molecule has 5 nitrogen and oxygen atoms in total. The molecule has 3 heterocycles. The second-order valence-electron chi connectivity index (χ2n) is 8.11. The van der Waals surface area contributed by atoms with Crippen LogP contribution in [0, 0.1) is 11.8 Å². The van der Waals surface area contributed by atoms with Gasteiger partial charge in [-0.1, -0.05) is 6.42 Å². The molecule has 2 N–H and O–H groups in total. The van der Waals surface area contributed by atoms with Crippen LogP contribution in [-0.4, -0.2) is 67.2 Å². The van der Waals surface area contributed by atoms with Gasteiger partial charge in [-0.2, -0.15) is 0 Å². The quantitative estimate of drug-likeness (QED) is 0.774. The van der Waals surface area contributed by atoms with E-state index in [1.807, 2.05) is 0 Å². The van der Waals surface area contributed by atoms with E-state index in [-0.39, 0.29) is 36.8 Å². The number of nitrogens with two attached hydrogens (primary N) is 1. The Morgan fingerprint density at radius 3 is 2.50 bits per heavy atom. The molecule has 0 aromatic carbocycles. The molecule has 3 fully saturated rings. The molecule has 0 bridgehead atoms. The van der Waals surface area contributed by atoms with Crippen LogP contribution in [0.5, 0.6) is 0 Å². The topological polar surface area (TPSA) is 58.8 Å². The predicted octanol–water partition coefficient (Wildman–Crippen LogP) is 2.70. The van der Waals surface area contributed by atoms with Crippen molar-refractivity contribution < 1.29 is 9.53 Å². The summed E-state index contributed by atoms with van der Waals surface area (Å²) in [4.78, 5) is 17.5. The first-order valence-corrected chi connectivity index (χ1v) is 10.0. The van der Waals surface area contributed by atoms with Crippen molar-refractivity contribution in [1.82, 2.24) is 9.80 Å². The lowest BCUT2D eigenvalue weighted by atomic mass is 9.89. The Morgan fingerprint density at radius 1 is 1.08 bits per heavy atom. The summed E-state index contributed by atoms with van der Waals surface area (Å²) in [5, 5.41) is 0. The number of piperidine rings is 2. The molecule has 3 aliphatic heterocycles. The smallest absolute Gasteiger partial charge is 0.239 e. The molecule has 0 spiro atoms. The van der Waals surface area contributed by atoms with Gasteiger partial charge in [-0.3, -0.25) is 4.79 Å². The molecule has 3 atom stereocenters. The fraction of sp³-hybridized carbons (Fsp3) is 0.947. The largest absolute Gasteiger partial charge is 0.381 e. The first-order valence-electron chi connectivity index (χ1n) is 10.0. The third kappa shape index (κ3) is 6.23. The van der Waals surface area contributed by atoms with Gasteiger partial charge in [0.05, 0.1) is 6.04 Å². The zero-order chi connectivity index (χ0) is 16.9. The highest BCUT2D eigenvalue weighted by Crippen LogP contribution is 2.25. The van der Waals surface area contributed by atoms with E-state index in [1.54, 1.807) is 0 Å². The van der Waals surface area contributed by atoms with E-state index < -0.39 is 0 Å². The van der Waals surface area contributed by atoms with E-state index >= 15 is 0 Å². The number of carbonyl (C=O) groups is 1. The van der Waals surface area contributed by atoms with Crippen LogP contribution in [0.15, 0.2) is 0 Å². The third-order valence-electron chi connectivity index (χ3n) is 6.32. The van der Waals surface area contributed by atoms with Crippen molar-refractivity contribution in [3.8, 4) is 0 Å². The Labute approximate surface area is 171 Å². The molecule has 0 saturated carbocycles. The summed E-state index contributed by atoms with van der Waals surface area (Å²) in [6.07, 6.45) is 8.24. The second-order valence-corrected chi connectivity index (χ2v) is 8.11. The van der Waals surface area contributed by atoms with Gasteiger partial charge in [0.25, 0.3) is 0 Å². The maximum Gasteiger partial charge on any atom is 0.239 e. The highest BCUT2D eigenvalue weighted by atomic mass is 35.5. The first kappa shape index (κ1) is 24.0. The standard InChI is InChI=1S/C19H35N3O2.2ClH/c1-15-5-2-3-9-21(15)13-16-6-4-10-22(14-16)19(23)18(20)17-7-11-24-12-8-17;;/h15-18H,2-14,20H2,1H3;2*1H. The molecule has 3 aliphatic rings. The highest BCUT2D eigenvalue weighted by Gasteiger charge is 2.33. The summed E-state index contributed by atoms with van der Waals surface area (Å²) >= 11 is 0. The van der Waals surface area contributed by atoms with Crippen LogP contribution in [0.1, 0.15) is 51.9 Å². The highest BCUT2D eigenvalue weighted by molar-refractivity contribution is 5.85. The van der Waals surface area contributed by atoms with E-state index in [0.717, 1.165) is 52.1 Å². The molecular weight excluding hydrogens is 373 g/mol. The van der Waals surface area contributed by atoms with Crippen molar-refractivity contribution in [3.63, 3.8) is 0 Å². The fourth-order valence-corrected chi connectivity index (χ4v) is 4.66. The molecule has 3 saturated heterocycles. The van der Waals surface area contributed by atoms with Gasteiger partial charge in [-0.25, -0.2) is 0 Å². The van der Waals surface area contributed by atoms with Crippen LogP contribution in [0.3, 0.4) is 0 Å². The number of ether oxygens (including phenoxy) is 1. The van der Waals surface area contributed by atoms with Gasteiger partial charge in [0.15, 0.2) is 0 Å². The lowest BCUT2D eigenvalue weighted by molar-refractivity contribution is -0.136. The van der Waals surface area contributed by atoms with Gasteiger partial charge in [-0.15, -0.1) is 24.8 Å². The van der Waals surface area contributed by atoms with Crippen LogP contribution in [0.25, 0.3) is 0 Å². The van der Waals surface area contributed by atoms with E-state index in [1.165, 1.54) is 32.2 Å². The van der Waals surface area contributed by atoms with Crippen molar-refractivity contribution in [3.05, 3.63) is 0 Å². The lowest BCUT2D eigenvalue weighted by Gasteiger charge is -2.40. The zero-order valence-corrected chi connectivity index (χ0v) is 17.7. The summed E-state index contributed by atoms with van der Waals surface area (Å²) in [6, 6.07) is 0.371. The molecule has 0 aromatic heterocycles. The number of nitrogens with zero attached hydrogens (tertiary/aromatic N) is 2. The first-order chi connectivity index (χ1) is 11.6. The third-order valence-corrected chi connectivity index (χ3v) is 6.32. The zero-order valence-electron chi connectivity index (χ0n) is 16.1. The fourth-order valence-electron chi connectivity index (χ4n) is 4.66. The Hall–Kier alpha value is -0.0700. The molecule has 154 valence electrons. The number of halogens is 2. The monoisotopic (exact) mass is 409 g/mol. The SMILES string of the molecule is CC1CCCCN1CC1CCCN(C(=O)C(N)C2CCOCC2)C1.Cl.Cl. The minimum atomic E-state index is -0.332. The minimum Gasteiger partial charge on any atom is -0.381 e. The molecule has 26 heavy (non-hydrogen) atoms. The number of rotatable bonds is 4. The normalized spacial score (nSPS) is 29.4. The van der Waals surface area contributed by atoms with Crippen LogP contribution >= 0.6 is 24.8 Å². The van der Waals surface area contributed by atoms with Crippen molar-refractivity contribution in [2.45, 2.75) is 64.0 Å². The second kappa shape index (κ2) is 11.7. The Morgan fingerprint density at radius 2 is 1.81 bits per heavy atom. The molecule has 1 amide bonds. The van der Waals surface area contributed by atoms with Crippen LogP contribution in [0.2, 0.25) is 0 Å². The number of likely N-dealkylation sites (tertiary alicyclic amines) is 2. The molecule has 3 unspecified atom stereocenters. The van der Waals surface area contributed by atoms with E-state index in [9.17, 15) is 4.79 Å². The summed E-state index contributed by atoms with van der Waals surface area (Å²) in [6.45, 7) is 8.03. The summed E-state index contributed by atoms with van der Waals surface area (Å²) in [5.74, 6) is 1.09. The van der Waals surface area contributed by atoms with Crippen molar-refractivity contribution >= 4 is 30.7 Å². The predicted molar refractivity (Wildman–Crippen MR) is 110 cm³/mol. The van der Waals surface area contributed by atoms with Gasteiger partial charge >= 0.3 is 0 Å². The molecule has 0 aliphatic carbocycles. The van der Waals surface area contributed by atoms with Gasteiger partial charge in [-0.05, 0) is 63.8 Å². The number of hydrogen-bond donors (Lipinski definition) is 1. The molecule has 3 rings (SSSR count). The Kier molecular flexibility index (Phi) is 10.8. The van der Waals surface area contributed by atoms with Crippen LogP contribution in [0.4, 0.5) is 0 Å². The van der Waals surface area contributed by atoms with Crippen LogP contribution in [-0.2, 0) is 9.53 Å². The maximum absolute atomic E-state index is 12.8. The van der Waals surface area contributed by atoms with Gasteiger partial charge in [0.1, 0.15) is 0 Å². The van der Waals surface area contributed by atoms with Crippen LogP contribution < -0.4 is 5.73 Å². The number of carbonyl (C=O) groups excluding carboxylic acids is 1. The average molecular weight is 410 g/mol. The lowest BCUT2D eigenvalue weighted by Crippen LogP contribution is -2.53. The van der Waals surface area contributed by atoms with Gasteiger partial charge in [0.2, 0.25) is 5.91 Å². The minimum absolute atomic E-state index is 0. The Bertz CT molecular complexity index is 422. The molecule has 0 aromatic rings. The molecular formula is C19H37Cl2N3O2. The van der Waals surface area contributed by atoms with Gasteiger partial charge < -0.3 is 20.3 Å². The molecule has 7 heteroatoms. The van der Waals surface area contributed by atoms with E-state index in [2.05, 4.69) is 16.7 Å². The van der Waals surface area contributed by atoms with E-state index in [4.69, 9.17) is 10.5 Å². The summed E-state index contributed by atoms with van der Waals surface area (Å²) < 4.78 is 5.40.